The first-order valence-electron chi connectivity index (χ1n) is 12.6. The Morgan fingerprint density at radius 3 is 2.61 bits per heavy atom. The summed E-state index contributed by atoms with van der Waals surface area (Å²) in [5.41, 5.74) is 0.628. The number of pyridine rings is 1. The molecule has 0 atom stereocenters. The first-order valence-corrected chi connectivity index (χ1v) is 13.0. The molecule has 0 unspecified atom stereocenters. The molecule has 0 spiro atoms. The van der Waals surface area contributed by atoms with Crippen LogP contribution in [0.3, 0.4) is 0 Å². The lowest BCUT2D eigenvalue weighted by molar-refractivity contribution is -0.137. The predicted octanol–water partition coefficient (Wildman–Crippen LogP) is 5.20. The molecule has 0 amide bonds. The fraction of sp³-hybridized carbons (Fsp3) is 0.308. The molecule has 2 N–H and O–H groups in total. The van der Waals surface area contributed by atoms with Crippen LogP contribution < -0.4 is 20.1 Å². The molecule has 11 nitrogen and oxygen atoms in total. The Kier molecular flexibility index (Phi) is 6.74. The molecule has 0 bridgehead atoms. The van der Waals surface area contributed by atoms with Crippen LogP contribution >= 0.6 is 11.6 Å². The van der Waals surface area contributed by atoms with Crippen molar-refractivity contribution in [3.63, 3.8) is 0 Å². The molecular weight excluding hydrogens is 563 g/mol. The van der Waals surface area contributed by atoms with E-state index in [0.29, 0.717) is 29.2 Å². The molecule has 0 radical (unpaired) electrons. The standard InChI is InChI=1S/C26H25ClF3N9O2/c1-31-23-21-19(10-34-39(21)5-4-32-23)41-18-9-33-24-22(20(18)27)38(3)25(36-24)35-16-6-15(26(28,29)30)7-17(8-16)40-13-14-11-37(2)12-14/h4-10,14H,11-13H2,1-3H3,(H,31,32)(H,33,35,36). The van der Waals surface area contributed by atoms with Gasteiger partial charge in [0.1, 0.15) is 16.3 Å². The summed E-state index contributed by atoms with van der Waals surface area (Å²) in [5, 5.41) is 10.5. The maximum absolute atomic E-state index is 13.7. The number of hydrogen-bond donors (Lipinski definition) is 2. The number of imidazole rings is 1. The Balaban J connectivity index is 1.30. The minimum Gasteiger partial charge on any atom is -0.493 e. The number of benzene rings is 1. The molecular formula is C26H25ClF3N9O2. The van der Waals surface area contributed by atoms with Crippen molar-refractivity contribution in [1.82, 2.24) is 34.0 Å². The van der Waals surface area contributed by atoms with Gasteiger partial charge in [0.2, 0.25) is 5.95 Å². The van der Waals surface area contributed by atoms with Crippen LogP contribution in [0, 0.1) is 5.92 Å². The van der Waals surface area contributed by atoms with Crippen molar-refractivity contribution in [2.24, 2.45) is 13.0 Å². The summed E-state index contributed by atoms with van der Waals surface area (Å²) in [5.74, 6) is 1.82. The maximum Gasteiger partial charge on any atom is 0.416 e. The molecule has 0 aliphatic carbocycles. The number of likely N-dealkylation sites (tertiary alicyclic amines) is 1. The lowest BCUT2D eigenvalue weighted by atomic mass is 10.0. The van der Waals surface area contributed by atoms with E-state index < -0.39 is 11.7 Å². The van der Waals surface area contributed by atoms with E-state index in [2.05, 4.69) is 35.6 Å². The number of alkyl halides is 3. The number of nitrogens with one attached hydrogen (secondary N) is 2. The number of ether oxygens (including phenoxy) is 2. The number of rotatable bonds is 8. The van der Waals surface area contributed by atoms with E-state index in [1.807, 2.05) is 7.05 Å². The fourth-order valence-corrected chi connectivity index (χ4v) is 5.08. The van der Waals surface area contributed by atoms with Gasteiger partial charge in [0.15, 0.2) is 28.5 Å². The van der Waals surface area contributed by atoms with Gasteiger partial charge in [0.25, 0.3) is 0 Å². The van der Waals surface area contributed by atoms with Crippen LogP contribution in [0.4, 0.5) is 30.6 Å². The fourth-order valence-electron chi connectivity index (χ4n) is 4.78. The number of fused-ring (bicyclic) bond motifs is 2. The first-order chi connectivity index (χ1) is 19.6. The molecule has 0 saturated carbocycles. The highest BCUT2D eigenvalue weighted by molar-refractivity contribution is 6.36. The lowest BCUT2D eigenvalue weighted by Gasteiger charge is -2.35. The molecule has 6 rings (SSSR count). The van der Waals surface area contributed by atoms with Gasteiger partial charge in [-0.2, -0.15) is 23.3 Å². The van der Waals surface area contributed by atoms with Gasteiger partial charge in [0, 0.05) is 57.3 Å². The quantitative estimate of drug-likeness (QED) is 0.253. The monoisotopic (exact) mass is 587 g/mol. The molecule has 1 aromatic carbocycles. The zero-order valence-electron chi connectivity index (χ0n) is 22.2. The maximum atomic E-state index is 13.7. The van der Waals surface area contributed by atoms with E-state index in [-0.39, 0.29) is 39.7 Å². The van der Waals surface area contributed by atoms with E-state index in [9.17, 15) is 13.2 Å². The van der Waals surface area contributed by atoms with Crippen molar-refractivity contribution in [3.05, 3.63) is 53.6 Å². The summed E-state index contributed by atoms with van der Waals surface area (Å²) in [6.07, 6.45) is 1.69. The van der Waals surface area contributed by atoms with Crippen LogP contribution in [0.5, 0.6) is 17.2 Å². The van der Waals surface area contributed by atoms with Gasteiger partial charge >= 0.3 is 6.18 Å². The normalized spacial score (nSPS) is 14.4. The van der Waals surface area contributed by atoms with E-state index in [1.54, 1.807) is 35.6 Å². The number of halogens is 4. The van der Waals surface area contributed by atoms with E-state index in [0.717, 1.165) is 25.2 Å². The van der Waals surface area contributed by atoms with Crippen molar-refractivity contribution < 1.29 is 22.6 Å². The summed E-state index contributed by atoms with van der Waals surface area (Å²) in [6, 6.07) is 3.52. The number of aromatic nitrogens is 6. The predicted molar refractivity (Wildman–Crippen MR) is 147 cm³/mol. The molecule has 1 aliphatic rings. The Morgan fingerprint density at radius 2 is 1.88 bits per heavy atom. The van der Waals surface area contributed by atoms with Crippen molar-refractivity contribution in [2.75, 3.05) is 44.4 Å². The van der Waals surface area contributed by atoms with Crippen molar-refractivity contribution >= 4 is 45.7 Å². The van der Waals surface area contributed by atoms with Gasteiger partial charge in [-0.05, 0) is 19.2 Å². The highest BCUT2D eigenvalue weighted by Gasteiger charge is 2.32. The van der Waals surface area contributed by atoms with E-state index in [1.165, 1.54) is 18.5 Å². The molecule has 1 fully saturated rings. The third-order valence-corrected chi connectivity index (χ3v) is 7.14. The summed E-state index contributed by atoms with van der Waals surface area (Å²) >= 11 is 6.73. The number of anilines is 3. The third kappa shape index (κ3) is 5.15. The minimum absolute atomic E-state index is 0.117. The number of hydrogen-bond acceptors (Lipinski definition) is 9. The summed E-state index contributed by atoms with van der Waals surface area (Å²) in [4.78, 5) is 15.2. The van der Waals surface area contributed by atoms with Crippen LogP contribution in [0.1, 0.15) is 5.56 Å². The lowest BCUT2D eigenvalue weighted by Crippen LogP contribution is -2.46. The summed E-state index contributed by atoms with van der Waals surface area (Å²) in [6.45, 7) is 2.01. The van der Waals surface area contributed by atoms with Gasteiger partial charge in [0.05, 0.1) is 24.6 Å². The van der Waals surface area contributed by atoms with Crippen LogP contribution in [0.2, 0.25) is 5.02 Å². The third-order valence-electron chi connectivity index (χ3n) is 6.77. The Morgan fingerprint density at radius 1 is 1.07 bits per heavy atom. The molecule has 15 heteroatoms. The zero-order valence-corrected chi connectivity index (χ0v) is 23.0. The van der Waals surface area contributed by atoms with Crippen molar-refractivity contribution in [3.8, 4) is 17.2 Å². The van der Waals surface area contributed by atoms with Gasteiger partial charge in [-0.3, -0.25) is 0 Å². The average molecular weight is 588 g/mol. The van der Waals surface area contributed by atoms with Crippen molar-refractivity contribution in [2.45, 2.75) is 6.18 Å². The molecule has 214 valence electrons. The molecule has 5 aromatic rings. The Bertz CT molecular complexity index is 1750. The van der Waals surface area contributed by atoms with Crippen LogP contribution in [0.25, 0.3) is 16.7 Å². The molecule has 4 aromatic heterocycles. The van der Waals surface area contributed by atoms with Gasteiger partial charge < -0.3 is 29.6 Å². The largest absolute Gasteiger partial charge is 0.493 e. The average Bonchev–Trinajstić information content (AvgIpc) is 3.47. The topological polar surface area (TPSA) is 107 Å². The SMILES string of the molecule is CNc1nccn2ncc(Oc3cnc4nc(Nc5cc(OCC6CN(C)C6)cc(C(F)(F)F)c5)n(C)c4c3Cl)c12. The summed E-state index contributed by atoms with van der Waals surface area (Å²) < 4.78 is 56.1. The smallest absolute Gasteiger partial charge is 0.416 e. The number of aryl methyl sites for hydroxylation is 1. The van der Waals surface area contributed by atoms with Crippen LogP contribution in [-0.2, 0) is 13.2 Å². The van der Waals surface area contributed by atoms with Gasteiger partial charge in [-0.15, -0.1) is 0 Å². The molecule has 1 aliphatic heterocycles. The van der Waals surface area contributed by atoms with E-state index >= 15 is 0 Å². The van der Waals surface area contributed by atoms with Gasteiger partial charge in [-0.1, -0.05) is 11.6 Å². The highest BCUT2D eigenvalue weighted by Crippen LogP contribution is 2.39. The van der Waals surface area contributed by atoms with Crippen molar-refractivity contribution in [1.29, 1.82) is 0 Å². The van der Waals surface area contributed by atoms with E-state index in [4.69, 9.17) is 21.1 Å². The molecule has 41 heavy (non-hydrogen) atoms. The zero-order chi connectivity index (χ0) is 28.9. The first kappa shape index (κ1) is 26.9. The number of nitrogens with zero attached hydrogens (tertiary/aromatic N) is 7. The second kappa shape index (κ2) is 10.3. The second-order valence-electron chi connectivity index (χ2n) is 9.80. The molecule has 1 saturated heterocycles. The highest BCUT2D eigenvalue weighted by atomic mass is 35.5. The Labute approximate surface area is 236 Å². The minimum atomic E-state index is -4.56. The molecule has 5 heterocycles. The Hall–Kier alpha value is -4.30. The summed E-state index contributed by atoms with van der Waals surface area (Å²) in [7, 11) is 5.38. The van der Waals surface area contributed by atoms with Gasteiger partial charge in [-0.25, -0.2) is 14.5 Å². The second-order valence-corrected chi connectivity index (χ2v) is 10.2. The van der Waals surface area contributed by atoms with Crippen LogP contribution in [-0.4, -0.2) is 67.8 Å². The van der Waals surface area contributed by atoms with Crippen LogP contribution in [0.15, 0.2) is 43.0 Å².